The molecule has 0 atom stereocenters. The lowest BCUT2D eigenvalue weighted by atomic mass is 10.1. The number of benzene rings is 1. The third-order valence-electron chi connectivity index (χ3n) is 2.39. The molecular formula is C12H8FN3O4. The number of halogens is 1. The third-order valence-corrected chi connectivity index (χ3v) is 2.39. The number of para-hydroxylation sites is 1. The van der Waals surface area contributed by atoms with Crippen LogP contribution in [-0.2, 0) is 0 Å². The molecule has 0 saturated carbocycles. The molecule has 0 saturated heterocycles. The number of aromatic carboxylic acids is 1. The molecule has 1 aromatic heterocycles. The SMILES string of the molecule is O=C(Nc1c(F)cccc1C(=O)O)c1ccc(=O)[nH]n1. The van der Waals surface area contributed by atoms with E-state index >= 15 is 0 Å². The Balaban J connectivity index is 2.35. The zero-order chi connectivity index (χ0) is 14.7. The lowest BCUT2D eigenvalue weighted by Gasteiger charge is -2.08. The molecule has 102 valence electrons. The number of aromatic nitrogens is 2. The van der Waals surface area contributed by atoms with Gasteiger partial charge in [-0.2, -0.15) is 5.10 Å². The summed E-state index contributed by atoms with van der Waals surface area (Å²) in [6, 6.07) is 5.59. The van der Waals surface area contributed by atoms with E-state index in [0.29, 0.717) is 0 Å². The minimum Gasteiger partial charge on any atom is -0.478 e. The summed E-state index contributed by atoms with van der Waals surface area (Å²) in [7, 11) is 0. The van der Waals surface area contributed by atoms with E-state index in [9.17, 15) is 18.8 Å². The zero-order valence-corrected chi connectivity index (χ0v) is 9.88. The van der Waals surface area contributed by atoms with E-state index in [0.717, 1.165) is 24.3 Å². The van der Waals surface area contributed by atoms with Gasteiger partial charge < -0.3 is 10.4 Å². The van der Waals surface area contributed by atoms with Crippen molar-refractivity contribution in [3.05, 3.63) is 57.8 Å². The summed E-state index contributed by atoms with van der Waals surface area (Å²) in [4.78, 5) is 33.6. The van der Waals surface area contributed by atoms with E-state index in [-0.39, 0.29) is 11.3 Å². The van der Waals surface area contributed by atoms with Crippen LogP contribution in [0.2, 0.25) is 0 Å². The first kappa shape index (κ1) is 13.4. The molecule has 7 nitrogen and oxygen atoms in total. The number of amides is 1. The average molecular weight is 277 g/mol. The van der Waals surface area contributed by atoms with Crippen molar-refractivity contribution in [2.24, 2.45) is 0 Å². The molecule has 0 bridgehead atoms. The zero-order valence-electron chi connectivity index (χ0n) is 9.88. The number of carbonyl (C=O) groups excluding carboxylic acids is 1. The maximum Gasteiger partial charge on any atom is 0.337 e. The van der Waals surface area contributed by atoms with Gasteiger partial charge >= 0.3 is 5.97 Å². The van der Waals surface area contributed by atoms with Crippen molar-refractivity contribution < 1.29 is 19.1 Å². The number of carbonyl (C=O) groups is 2. The lowest BCUT2D eigenvalue weighted by Crippen LogP contribution is -2.19. The maximum absolute atomic E-state index is 13.6. The Bertz CT molecular complexity index is 721. The molecule has 1 amide bonds. The first-order chi connectivity index (χ1) is 9.49. The normalized spacial score (nSPS) is 10.1. The van der Waals surface area contributed by atoms with Crippen LogP contribution in [0.1, 0.15) is 20.8 Å². The molecule has 3 N–H and O–H groups in total. The first-order valence-electron chi connectivity index (χ1n) is 5.38. The first-order valence-corrected chi connectivity index (χ1v) is 5.38. The second-order valence-corrected chi connectivity index (χ2v) is 3.73. The Morgan fingerprint density at radius 3 is 2.60 bits per heavy atom. The van der Waals surface area contributed by atoms with Crippen molar-refractivity contribution in [1.82, 2.24) is 10.2 Å². The Morgan fingerprint density at radius 1 is 1.25 bits per heavy atom. The largest absolute Gasteiger partial charge is 0.478 e. The second-order valence-electron chi connectivity index (χ2n) is 3.73. The smallest absolute Gasteiger partial charge is 0.337 e. The van der Waals surface area contributed by atoms with Crippen LogP contribution >= 0.6 is 0 Å². The fourth-order valence-electron chi connectivity index (χ4n) is 1.48. The number of aromatic amines is 1. The van der Waals surface area contributed by atoms with Crippen LogP contribution in [0.15, 0.2) is 35.1 Å². The lowest BCUT2D eigenvalue weighted by molar-refractivity contribution is 0.0697. The van der Waals surface area contributed by atoms with Gasteiger partial charge in [0.2, 0.25) is 0 Å². The summed E-state index contributed by atoms with van der Waals surface area (Å²) in [6.07, 6.45) is 0. The molecule has 0 radical (unpaired) electrons. The van der Waals surface area contributed by atoms with Crippen molar-refractivity contribution in [3.8, 4) is 0 Å². The number of nitrogens with one attached hydrogen (secondary N) is 2. The van der Waals surface area contributed by atoms with Crippen LogP contribution in [0.5, 0.6) is 0 Å². The highest BCUT2D eigenvalue weighted by Gasteiger charge is 2.17. The molecule has 2 rings (SSSR count). The fourth-order valence-corrected chi connectivity index (χ4v) is 1.48. The Hall–Kier alpha value is -3.03. The van der Waals surface area contributed by atoms with Gasteiger partial charge in [0.05, 0.1) is 11.3 Å². The fraction of sp³-hybridized carbons (Fsp3) is 0. The minimum absolute atomic E-state index is 0.177. The third kappa shape index (κ3) is 2.69. The molecule has 20 heavy (non-hydrogen) atoms. The van der Waals surface area contributed by atoms with Crippen LogP contribution < -0.4 is 10.9 Å². The number of rotatable bonds is 3. The van der Waals surface area contributed by atoms with Crippen molar-refractivity contribution >= 4 is 17.6 Å². The quantitative estimate of drug-likeness (QED) is 0.770. The van der Waals surface area contributed by atoms with Gasteiger partial charge in [-0.25, -0.2) is 14.3 Å². The van der Waals surface area contributed by atoms with Crippen molar-refractivity contribution in [2.75, 3.05) is 5.32 Å². The number of H-pyrrole nitrogens is 1. The van der Waals surface area contributed by atoms with E-state index < -0.39 is 28.9 Å². The van der Waals surface area contributed by atoms with Crippen molar-refractivity contribution in [1.29, 1.82) is 0 Å². The molecular weight excluding hydrogens is 269 g/mol. The van der Waals surface area contributed by atoms with Gasteiger partial charge in [0.15, 0.2) is 0 Å². The topological polar surface area (TPSA) is 112 Å². The van der Waals surface area contributed by atoms with E-state index in [1.54, 1.807) is 0 Å². The monoisotopic (exact) mass is 277 g/mol. The van der Waals surface area contributed by atoms with E-state index in [1.807, 2.05) is 5.10 Å². The highest BCUT2D eigenvalue weighted by atomic mass is 19.1. The molecule has 0 fully saturated rings. The highest BCUT2D eigenvalue weighted by molar-refractivity contribution is 6.06. The van der Waals surface area contributed by atoms with Crippen molar-refractivity contribution in [3.63, 3.8) is 0 Å². The number of carboxylic acid groups (broad SMARTS) is 1. The number of hydrogen-bond donors (Lipinski definition) is 3. The summed E-state index contributed by atoms with van der Waals surface area (Å²) in [5.41, 5.74) is -1.52. The van der Waals surface area contributed by atoms with Gasteiger partial charge in [-0.15, -0.1) is 0 Å². The number of hydrogen-bond acceptors (Lipinski definition) is 4. The molecule has 0 aliphatic carbocycles. The van der Waals surface area contributed by atoms with E-state index in [4.69, 9.17) is 5.11 Å². The van der Waals surface area contributed by atoms with Crippen LogP contribution in [0.4, 0.5) is 10.1 Å². The molecule has 0 aliphatic rings. The van der Waals surface area contributed by atoms with Gasteiger partial charge in [0, 0.05) is 6.07 Å². The summed E-state index contributed by atoms with van der Waals surface area (Å²) < 4.78 is 13.6. The molecule has 0 unspecified atom stereocenters. The van der Waals surface area contributed by atoms with Gasteiger partial charge in [0.25, 0.3) is 11.5 Å². The Morgan fingerprint density at radius 2 is 2.00 bits per heavy atom. The Kier molecular flexibility index (Phi) is 3.56. The summed E-state index contributed by atoms with van der Waals surface area (Å²) >= 11 is 0. The van der Waals surface area contributed by atoms with E-state index in [1.165, 1.54) is 6.07 Å². The summed E-state index contributed by atoms with van der Waals surface area (Å²) in [6.45, 7) is 0. The second kappa shape index (κ2) is 5.31. The van der Waals surface area contributed by atoms with Crippen LogP contribution in [-0.4, -0.2) is 27.2 Å². The number of anilines is 1. The highest BCUT2D eigenvalue weighted by Crippen LogP contribution is 2.20. The number of nitrogens with zero attached hydrogens (tertiary/aromatic N) is 1. The van der Waals surface area contributed by atoms with Gasteiger partial charge in [-0.3, -0.25) is 9.59 Å². The minimum atomic E-state index is -1.38. The Labute approximate surface area is 111 Å². The number of carboxylic acids is 1. The molecule has 2 aromatic rings. The average Bonchev–Trinajstić information content (AvgIpc) is 2.41. The van der Waals surface area contributed by atoms with Gasteiger partial charge in [0.1, 0.15) is 11.5 Å². The van der Waals surface area contributed by atoms with Crippen molar-refractivity contribution in [2.45, 2.75) is 0 Å². The van der Waals surface area contributed by atoms with Crippen LogP contribution in [0.25, 0.3) is 0 Å². The molecule has 0 aliphatic heterocycles. The summed E-state index contributed by atoms with van der Waals surface area (Å²) in [5, 5.41) is 16.5. The van der Waals surface area contributed by atoms with Crippen LogP contribution in [0, 0.1) is 5.82 Å². The predicted molar refractivity (Wildman–Crippen MR) is 66.2 cm³/mol. The molecule has 1 heterocycles. The molecule has 0 spiro atoms. The molecule has 8 heteroatoms. The van der Waals surface area contributed by atoms with Gasteiger partial charge in [-0.1, -0.05) is 6.07 Å². The predicted octanol–water partition coefficient (Wildman–Crippen LogP) is 0.859. The molecule has 1 aromatic carbocycles. The summed E-state index contributed by atoms with van der Waals surface area (Å²) in [5.74, 6) is -3.11. The van der Waals surface area contributed by atoms with E-state index in [2.05, 4.69) is 10.4 Å². The van der Waals surface area contributed by atoms with Gasteiger partial charge in [-0.05, 0) is 18.2 Å². The standard InChI is InChI=1S/C12H8FN3O4/c13-7-3-1-2-6(12(19)20)10(7)14-11(18)8-4-5-9(17)16-15-8/h1-5H,(H,14,18)(H,16,17)(H,19,20). The van der Waals surface area contributed by atoms with Crippen LogP contribution in [0.3, 0.4) is 0 Å². The maximum atomic E-state index is 13.6.